The van der Waals surface area contributed by atoms with Gasteiger partial charge in [-0.3, -0.25) is 0 Å². The third-order valence-corrected chi connectivity index (χ3v) is 7.70. The Hall–Kier alpha value is -0.163. The number of hydrogen-bond donors (Lipinski definition) is 0. The second kappa shape index (κ2) is 8.09. The first-order valence-corrected chi connectivity index (χ1v) is 12.2. The minimum Gasteiger partial charge on any atom is -0.303 e. The smallest absolute Gasteiger partial charge is 0.303 e. The van der Waals surface area contributed by atoms with Gasteiger partial charge >= 0.3 is 15.6 Å². The van der Waals surface area contributed by atoms with Gasteiger partial charge in [0.15, 0.2) is 0 Å². The lowest BCUT2D eigenvalue weighted by Crippen LogP contribution is -2.41. The molecule has 1 rings (SSSR count). The molecule has 125 valence electrons. The number of thioether (sulfide) groups is 2. The van der Waals surface area contributed by atoms with Gasteiger partial charge in [0.2, 0.25) is 0 Å². The van der Waals surface area contributed by atoms with Crippen molar-refractivity contribution in [2.75, 3.05) is 12.5 Å². The van der Waals surface area contributed by atoms with E-state index >= 15 is 0 Å². The molecule has 0 amide bonds. The van der Waals surface area contributed by atoms with Crippen molar-refractivity contribution in [3.05, 3.63) is 29.3 Å². The predicted octanol–water partition coefficient (Wildman–Crippen LogP) is 3.11. The zero-order valence-corrected chi connectivity index (χ0v) is 15.7. The second-order valence-corrected chi connectivity index (χ2v) is 9.74. The normalized spacial score (nSPS) is 12.9. The van der Waals surface area contributed by atoms with Crippen LogP contribution in [0.3, 0.4) is 0 Å². The molecule has 0 spiro atoms. The van der Waals surface area contributed by atoms with Crippen LogP contribution in [-0.2, 0) is 25.5 Å². The monoisotopic (exact) mass is 389 g/mol. The molecule has 1 radical (unpaired) electrons. The maximum absolute atomic E-state index is 12.5. The summed E-state index contributed by atoms with van der Waals surface area (Å²) in [5, 5.41) is 0.615. The van der Waals surface area contributed by atoms with Crippen LogP contribution in [0.4, 0.5) is 13.2 Å². The SMILES string of the molecule is CSCc1cccc(CSC)c1[Si](C)OS(=O)(=O)C(F)(F)F. The number of hydrogen-bond acceptors (Lipinski definition) is 5. The molecular formula is C12H16F3O3S3Si. The van der Waals surface area contributed by atoms with Crippen molar-refractivity contribution < 1.29 is 25.5 Å². The summed E-state index contributed by atoms with van der Waals surface area (Å²) in [5.41, 5.74) is -3.74. The average molecular weight is 390 g/mol. The lowest BCUT2D eigenvalue weighted by atomic mass is 10.1. The Labute approximate surface area is 138 Å². The molecule has 0 unspecified atom stereocenters. The Morgan fingerprint density at radius 1 is 1.14 bits per heavy atom. The highest BCUT2D eigenvalue weighted by Crippen LogP contribution is 2.26. The number of benzene rings is 1. The Morgan fingerprint density at radius 2 is 1.59 bits per heavy atom. The Balaban J connectivity index is 3.23. The van der Waals surface area contributed by atoms with Crippen LogP contribution in [0, 0.1) is 0 Å². The molecule has 0 N–H and O–H groups in total. The quantitative estimate of drug-likeness (QED) is 0.530. The minimum atomic E-state index is -5.58. The average Bonchev–Trinajstić information content (AvgIpc) is 2.37. The molecule has 0 heterocycles. The molecule has 0 aliphatic heterocycles. The van der Waals surface area contributed by atoms with Gasteiger partial charge in [-0.15, -0.1) is 0 Å². The highest BCUT2D eigenvalue weighted by molar-refractivity contribution is 7.98. The number of rotatable bonds is 7. The van der Waals surface area contributed by atoms with Gasteiger partial charge in [0.1, 0.15) is 0 Å². The predicted molar refractivity (Wildman–Crippen MR) is 88.2 cm³/mol. The van der Waals surface area contributed by atoms with Crippen molar-refractivity contribution in [1.82, 2.24) is 0 Å². The van der Waals surface area contributed by atoms with Crippen LogP contribution in [0.25, 0.3) is 0 Å². The van der Waals surface area contributed by atoms with E-state index in [1.807, 2.05) is 18.6 Å². The van der Waals surface area contributed by atoms with Crippen LogP contribution in [0.15, 0.2) is 18.2 Å². The van der Waals surface area contributed by atoms with Gasteiger partial charge in [-0.2, -0.15) is 45.1 Å². The largest absolute Gasteiger partial charge is 0.522 e. The fourth-order valence-electron chi connectivity index (χ4n) is 1.91. The molecule has 0 atom stereocenters. The molecule has 0 bridgehead atoms. The molecule has 0 fully saturated rings. The topological polar surface area (TPSA) is 43.4 Å². The van der Waals surface area contributed by atoms with Crippen molar-refractivity contribution in [1.29, 1.82) is 0 Å². The van der Waals surface area contributed by atoms with E-state index in [2.05, 4.69) is 3.87 Å². The zero-order valence-electron chi connectivity index (χ0n) is 12.2. The summed E-state index contributed by atoms with van der Waals surface area (Å²) in [7, 11) is -7.92. The molecular weight excluding hydrogens is 373 g/mol. The standard InChI is InChI=1S/C12H16F3O3S3Si/c1-19-7-9-5-4-6-10(8-20-2)11(9)22(3)18-21(16,17)12(13,14)15/h4-6H,7-8H2,1-3H3. The summed E-state index contributed by atoms with van der Waals surface area (Å²) >= 11 is 3.04. The van der Waals surface area contributed by atoms with Crippen molar-refractivity contribution in [2.24, 2.45) is 0 Å². The summed E-state index contributed by atoms with van der Waals surface area (Å²) < 4.78 is 64.5. The van der Waals surface area contributed by atoms with E-state index in [4.69, 9.17) is 0 Å². The van der Waals surface area contributed by atoms with Gasteiger partial charge < -0.3 is 3.87 Å². The second-order valence-electron chi connectivity index (χ2n) is 4.36. The maximum atomic E-state index is 12.5. The first-order valence-electron chi connectivity index (χ1n) is 6.07. The first-order chi connectivity index (χ1) is 10.1. The zero-order chi connectivity index (χ0) is 17.0. The molecule has 0 saturated heterocycles. The molecule has 1 aromatic rings. The summed E-state index contributed by atoms with van der Waals surface area (Å²) in [6.07, 6.45) is 3.75. The van der Waals surface area contributed by atoms with Gasteiger partial charge in [-0.1, -0.05) is 18.2 Å². The Kier molecular flexibility index (Phi) is 7.31. The van der Waals surface area contributed by atoms with Crippen LogP contribution in [0.2, 0.25) is 6.55 Å². The molecule has 0 aromatic heterocycles. The van der Waals surface area contributed by atoms with Crippen molar-refractivity contribution in [3.8, 4) is 0 Å². The van der Waals surface area contributed by atoms with Crippen LogP contribution < -0.4 is 5.19 Å². The van der Waals surface area contributed by atoms with E-state index in [-0.39, 0.29) is 0 Å². The molecule has 10 heteroatoms. The fraction of sp³-hybridized carbons (Fsp3) is 0.500. The number of halogens is 3. The molecule has 3 nitrogen and oxygen atoms in total. The van der Waals surface area contributed by atoms with Crippen LogP contribution in [0.5, 0.6) is 0 Å². The lowest BCUT2D eigenvalue weighted by molar-refractivity contribution is -0.0500. The first kappa shape index (κ1) is 19.9. The van der Waals surface area contributed by atoms with Crippen LogP contribution in [-0.4, -0.2) is 35.5 Å². The van der Waals surface area contributed by atoms with Crippen molar-refractivity contribution in [3.63, 3.8) is 0 Å². The Bertz CT molecular complexity index is 581. The summed E-state index contributed by atoms with van der Waals surface area (Å²) in [4.78, 5) is 0. The minimum absolute atomic E-state index is 0.592. The molecule has 0 aliphatic rings. The van der Waals surface area contributed by atoms with Gasteiger partial charge in [-0.05, 0) is 35.4 Å². The van der Waals surface area contributed by atoms with Gasteiger partial charge in [0, 0.05) is 11.5 Å². The fourth-order valence-corrected chi connectivity index (χ4v) is 6.55. The highest BCUT2D eigenvalue weighted by atomic mass is 32.2. The molecule has 0 aliphatic carbocycles. The van der Waals surface area contributed by atoms with Crippen molar-refractivity contribution >= 4 is 47.9 Å². The van der Waals surface area contributed by atoms with E-state index in [1.54, 1.807) is 12.1 Å². The van der Waals surface area contributed by atoms with E-state index in [9.17, 15) is 21.6 Å². The van der Waals surface area contributed by atoms with Crippen molar-refractivity contribution in [2.45, 2.75) is 23.6 Å². The van der Waals surface area contributed by atoms with Gasteiger partial charge in [-0.25, -0.2) is 0 Å². The van der Waals surface area contributed by atoms with Gasteiger partial charge in [0.25, 0.3) is 9.04 Å². The van der Waals surface area contributed by atoms with Crippen LogP contribution >= 0.6 is 23.5 Å². The highest BCUT2D eigenvalue weighted by Gasteiger charge is 2.48. The van der Waals surface area contributed by atoms with E-state index in [1.165, 1.54) is 30.1 Å². The van der Waals surface area contributed by atoms with E-state index in [0.29, 0.717) is 16.7 Å². The number of alkyl halides is 3. The third kappa shape index (κ3) is 4.92. The lowest BCUT2D eigenvalue weighted by Gasteiger charge is -2.19. The summed E-state index contributed by atoms with van der Waals surface area (Å²) in [6.45, 7) is 1.43. The molecule has 1 aromatic carbocycles. The maximum Gasteiger partial charge on any atom is 0.522 e. The molecule has 22 heavy (non-hydrogen) atoms. The molecule has 0 saturated carbocycles. The van der Waals surface area contributed by atoms with Crippen LogP contribution in [0.1, 0.15) is 11.1 Å². The summed E-state index contributed by atoms with van der Waals surface area (Å²) in [6, 6.07) is 5.43. The summed E-state index contributed by atoms with van der Waals surface area (Å²) in [5.74, 6) is 1.18. The van der Waals surface area contributed by atoms with E-state index < -0.39 is 24.7 Å². The Morgan fingerprint density at radius 3 is 1.95 bits per heavy atom. The van der Waals surface area contributed by atoms with Gasteiger partial charge in [0.05, 0.1) is 0 Å². The third-order valence-electron chi connectivity index (χ3n) is 2.71. The van der Waals surface area contributed by atoms with E-state index in [0.717, 1.165) is 11.1 Å².